The third-order valence-corrected chi connectivity index (χ3v) is 5.38. The zero-order valence-corrected chi connectivity index (χ0v) is 21.9. The predicted molar refractivity (Wildman–Crippen MR) is 153 cm³/mol. The fraction of sp³-hybridized carbons (Fsp3) is 0.172. The maximum Gasteiger partial charge on any atom is 0.159 e. The number of aromatic nitrogens is 6. The molecule has 194 valence electrons. The number of H-pyrrole nitrogens is 2. The quantitative estimate of drug-likeness (QED) is 0.225. The van der Waals surface area contributed by atoms with E-state index in [0.717, 1.165) is 44.3 Å². The molecule has 4 heterocycles. The highest BCUT2D eigenvalue weighted by Crippen LogP contribution is 2.32. The number of halogens is 1. The van der Waals surface area contributed by atoms with Crippen LogP contribution in [0, 0.1) is 5.82 Å². The summed E-state index contributed by atoms with van der Waals surface area (Å²) in [5.41, 5.74) is 12.6. The molecule has 0 amide bonds. The minimum absolute atomic E-state index is 0.287. The summed E-state index contributed by atoms with van der Waals surface area (Å²) >= 11 is 0. The smallest absolute Gasteiger partial charge is 0.159 e. The SMILES string of the molecule is CCC.CNC.Nc1cncc(-c2cc3c(-c4nc5c(-c6cccc(F)c6)cccc5[nH]4)n[nH]c3cn2)c1. The fourth-order valence-corrected chi connectivity index (χ4v) is 3.89. The summed E-state index contributed by atoms with van der Waals surface area (Å²) < 4.78 is 13.8. The van der Waals surface area contributed by atoms with Crippen molar-refractivity contribution in [3.8, 4) is 33.9 Å². The Labute approximate surface area is 220 Å². The van der Waals surface area contributed by atoms with E-state index in [0.29, 0.717) is 17.2 Å². The molecule has 0 atom stereocenters. The molecule has 0 saturated carbocycles. The summed E-state index contributed by atoms with van der Waals surface area (Å²) in [6, 6.07) is 16.0. The Morgan fingerprint density at radius 2 is 1.68 bits per heavy atom. The second-order valence-corrected chi connectivity index (χ2v) is 8.70. The first kappa shape index (κ1) is 26.4. The largest absolute Gasteiger partial charge is 0.397 e. The first-order valence-electron chi connectivity index (χ1n) is 12.4. The van der Waals surface area contributed by atoms with E-state index in [4.69, 9.17) is 10.7 Å². The Hall–Kier alpha value is -4.63. The van der Waals surface area contributed by atoms with Gasteiger partial charge in [-0.2, -0.15) is 5.10 Å². The topological polar surface area (TPSA) is 121 Å². The van der Waals surface area contributed by atoms with Gasteiger partial charge in [0.2, 0.25) is 0 Å². The van der Waals surface area contributed by atoms with Gasteiger partial charge in [0.25, 0.3) is 0 Å². The lowest BCUT2D eigenvalue weighted by atomic mass is 10.0. The standard InChI is InChI=1S/C24H16FN7.C3H8.C2H7N/c25-15-4-1-3-13(7-15)17-5-2-6-19-22(17)30-24(29-19)23-18-9-20(28-12-21(18)31-32-23)14-8-16(26)11-27-10-14;2*1-3-2/h1-12H,26H2,(H,29,30)(H,31,32);3H2,1-2H3;3H,1-2H3. The van der Waals surface area contributed by atoms with Crippen molar-refractivity contribution in [3.05, 3.63) is 79.0 Å². The number of rotatable bonds is 3. The average Bonchev–Trinajstić information content (AvgIpc) is 3.53. The third-order valence-electron chi connectivity index (χ3n) is 5.38. The number of nitrogen functional groups attached to an aromatic ring is 1. The van der Waals surface area contributed by atoms with Gasteiger partial charge in [-0.25, -0.2) is 9.37 Å². The second kappa shape index (κ2) is 12.1. The van der Waals surface area contributed by atoms with Crippen molar-refractivity contribution in [2.75, 3.05) is 19.8 Å². The Bertz CT molecular complexity index is 1650. The number of pyridine rings is 2. The molecule has 0 aliphatic rings. The summed E-state index contributed by atoms with van der Waals surface area (Å²) in [5.74, 6) is 0.322. The number of aromatic amines is 2. The molecule has 9 heteroatoms. The number of imidazole rings is 1. The molecule has 0 radical (unpaired) electrons. The van der Waals surface area contributed by atoms with Gasteiger partial charge in [0.1, 0.15) is 11.5 Å². The van der Waals surface area contributed by atoms with Crippen molar-refractivity contribution < 1.29 is 4.39 Å². The molecular formula is C29H31FN8. The van der Waals surface area contributed by atoms with Crippen LogP contribution >= 0.6 is 0 Å². The highest BCUT2D eigenvalue weighted by molar-refractivity contribution is 5.97. The molecule has 4 aromatic heterocycles. The number of hydrogen-bond donors (Lipinski definition) is 4. The van der Waals surface area contributed by atoms with Crippen LogP contribution < -0.4 is 11.1 Å². The van der Waals surface area contributed by atoms with E-state index >= 15 is 0 Å². The van der Waals surface area contributed by atoms with Crippen LogP contribution in [0.5, 0.6) is 0 Å². The summed E-state index contributed by atoms with van der Waals surface area (Å²) in [7, 11) is 3.75. The normalized spacial score (nSPS) is 10.6. The van der Waals surface area contributed by atoms with Crippen LogP contribution in [0.1, 0.15) is 20.3 Å². The van der Waals surface area contributed by atoms with Gasteiger partial charge in [0.15, 0.2) is 5.82 Å². The maximum absolute atomic E-state index is 13.8. The van der Waals surface area contributed by atoms with Gasteiger partial charge in [0.05, 0.1) is 34.1 Å². The van der Waals surface area contributed by atoms with Crippen LogP contribution in [0.3, 0.4) is 0 Å². The Morgan fingerprint density at radius 1 is 0.921 bits per heavy atom. The summed E-state index contributed by atoms with van der Waals surface area (Å²) in [4.78, 5) is 16.8. The molecule has 0 spiro atoms. The van der Waals surface area contributed by atoms with Gasteiger partial charge in [0, 0.05) is 28.9 Å². The Morgan fingerprint density at radius 3 is 2.42 bits per heavy atom. The van der Waals surface area contributed by atoms with Crippen LogP contribution in [0.25, 0.3) is 55.8 Å². The van der Waals surface area contributed by atoms with Gasteiger partial charge in [-0.1, -0.05) is 44.5 Å². The molecule has 0 bridgehead atoms. The molecular weight excluding hydrogens is 479 g/mol. The Balaban J connectivity index is 0.000000515. The number of hydrogen-bond acceptors (Lipinski definition) is 6. The number of anilines is 1. The number of nitrogens with one attached hydrogen (secondary N) is 3. The van der Waals surface area contributed by atoms with Crippen LogP contribution in [-0.4, -0.2) is 44.2 Å². The number of para-hydroxylation sites is 1. The summed E-state index contributed by atoms with van der Waals surface area (Å²) in [5, 5.41) is 11.1. The summed E-state index contributed by atoms with van der Waals surface area (Å²) in [6.45, 7) is 4.25. The zero-order chi connectivity index (χ0) is 27.1. The van der Waals surface area contributed by atoms with E-state index in [1.54, 1.807) is 24.7 Å². The van der Waals surface area contributed by atoms with Crippen LogP contribution in [0.4, 0.5) is 10.1 Å². The number of benzene rings is 2. The molecule has 0 saturated heterocycles. The van der Waals surface area contributed by atoms with Crippen molar-refractivity contribution in [1.29, 1.82) is 0 Å². The molecule has 2 aromatic carbocycles. The first-order valence-corrected chi connectivity index (χ1v) is 12.4. The van der Waals surface area contributed by atoms with E-state index in [9.17, 15) is 4.39 Å². The zero-order valence-electron chi connectivity index (χ0n) is 21.9. The van der Waals surface area contributed by atoms with Crippen molar-refractivity contribution in [1.82, 2.24) is 35.5 Å². The van der Waals surface area contributed by atoms with E-state index in [1.165, 1.54) is 18.6 Å². The molecule has 0 fully saturated rings. The molecule has 5 N–H and O–H groups in total. The molecule has 6 rings (SSSR count). The van der Waals surface area contributed by atoms with Crippen LogP contribution in [0.2, 0.25) is 0 Å². The van der Waals surface area contributed by atoms with Gasteiger partial charge in [-0.15, -0.1) is 0 Å². The number of nitrogens with zero attached hydrogens (tertiary/aromatic N) is 4. The first-order chi connectivity index (χ1) is 18.5. The van der Waals surface area contributed by atoms with Crippen molar-refractivity contribution >= 4 is 27.6 Å². The molecule has 0 aliphatic carbocycles. The molecule has 6 aromatic rings. The van der Waals surface area contributed by atoms with Crippen LogP contribution in [-0.2, 0) is 0 Å². The minimum Gasteiger partial charge on any atom is -0.397 e. The molecule has 8 nitrogen and oxygen atoms in total. The predicted octanol–water partition coefficient (Wildman–Crippen LogP) is 6.20. The lowest BCUT2D eigenvalue weighted by molar-refractivity contribution is 0.628. The monoisotopic (exact) mass is 510 g/mol. The second-order valence-electron chi connectivity index (χ2n) is 8.70. The third kappa shape index (κ3) is 5.68. The fourth-order valence-electron chi connectivity index (χ4n) is 3.89. The Kier molecular flexibility index (Phi) is 8.40. The van der Waals surface area contributed by atoms with Gasteiger partial charge >= 0.3 is 0 Å². The number of nitrogens with two attached hydrogens (primary N) is 1. The minimum atomic E-state index is -0.287. The highest BCUT2D eigenvalue weighted by atomic mass is 19.1. The van der Waals surface area contributed by atoms with E-state index in [2.05, 4.69) is 44.3 Å². The number of fused-ring (bicyclic) bond motifs is 2. The summed E-state index contributed by atoms with van der Waals surface area (Å²) in [6.07, 6.45) is 6.29. The molecule has 0 unspecified atom stereocenters. The van der Waals surface area contributed by atoms with Crippen molar-refractivity contribution in [3.63, 3.8) is 0 Å². The maximum atomic E-state index is 13.8. The van der Waals surface area contributed by atoms with Gasteiger partial charge in [-0.3, -0.25) is 15.1 Å². The van der Waals surface area contributed by atoms with Crippen molar-refractivity contribution in [2.45, 2.75) is 20.3 Å². The lowest BCUT2D eigenvalue weighted by Gasteiger charge is -2.02. The highest BCUT2D eigenvalue weighted by Gasteiger charge is 2.16. The van der Waals surface area contributed by atoms with Gasteiger partial charge < -0.3 is 16.0 Å². The van der Waals surface area contributed by atoms with E-state index in [1.807, 2.05) is 50.5 Å². The van der Waals surface area contributed by atoms with Crippen LogP contribution in [0.15, 0.2) is 73.2 Å². The average molecular weight is 511 g/mol. The van der Waals surface area contributed by atoms with E-state index < -0.39 is 0 Å². The van der Waals surface area contributed by atoms with E-state index in [-0.39, 0.29) is 5.82 Å². The van der Waals surface area contributed by atoms with Crippen molar-refractivity contribution in [2.24, 2.45) is 0 Å². The molecule has 0 aliphatic heterocycles. The van der Waals surface area contributed by atoms with Gasteiger partial charge in [-0.05, 0) is 50.0 Å². The lowest BCUT2D eigenvalue weighted by Crippen LogP contribution is -1.90. The molecule has 38 heavy (non-hydrogen) atoms.